The lowest BCUT2D eigenvalue weighted by molar-refractivity contribution is -0.113. The number of benzene rings is 2. The molecular formula is C17H17ClN2O3S2. The molecule has 1 amide bonds. The highest BCUT2D eigenvalue weighted by Crippen LogP contribution is 2.25. The standard InChI is InChI=1S/C17H17ClN2O3S2/c18-13-2-8-16(9-3-13)24-12-17(21)19-14-4-6-15(7-5-14)20-10-1-11-25(20,22)23/h2-9H,1,10-12H2,(H,19,21). The molecule has 2 aromatic carbocycles. The molecule has 1 N–H and O–H groups in total. The van der Waals surface area contributed by atoms with E-state index in [2.05, 4.69) is 5.32 Å². The number of sulfonamides is 1. The predicted molar refractivity (Wildman–Crippen MR) is 103 cm³/mol. The second-order valence-electron chi connectivity index (χ2n) is 5.58. The summed E-state index contributed by atoms with van der Waals surface area (Å²) in [7, 11) is -3.19. The minimum absolute atomic E-state index is 0.124. The number of carbonyl (C=O) groups excluding carboxylic acids is 1. The van der Waals surface area contributed by atoms with Crippen molar-refractivity contribution in [1.82, 2.24) is 0 Å². The highest BCUT2D eigenvalue weighted by Gasteiger charge is 2.28. The van der Waals surface area contributed by atoms with E-state index in [1.165, 1.54) is 16.1 Å². The van der Waals surface area contributed by atoms with Crippen molar-refractivity contribution in [2.24, 2.45) is 0 Å². The van der Waals surface area contributed by atoms with E-state index < -0.39 is 10.0 Å². The van der Waals surface area contributed by atoms with Crippen molar-refractivity contribution >= 4 is 50.7 Å². The monoisotopic (exact) mass is 396 g/mol. The van der Waals surface area contributed by atoms with Gasteiger partial charge in [0.1, 0.15) is 0 Å². The van der Waals surface area contributed by atoms with Crippen LogP contribution >= 0.6 is 23.4 Å². The first kappa shape index (κ1) is 18.1. The van der Waals surface area contributed by atoms with Crippen LogP contribution < -0.4 is 9.62 Å². The number of nitrogens with one attached hydrogen (secondary N) is 1. The van der Waals surface area contributed by atoms with Crippen LogP contribution in [0.2, 0.25) is 5.02 Å². The van der Waals surface area contributed by atoms with Crippen molar-refractivity contribution in [3.05, 3.63) is 53.6 Å². The third-order valence-corrected chi connectivity index (χ3v) is 6.86. The molecule has 0 radical (unpaired) electrons. The fraction of sp³-hybridized carbons (Fsp3) is 0.235. The Balaban J connectivity index is 1.56. The number of amides is 1. The molecular weight excluding hydrogens is 380 g/mol. The van der Waals surface area contributed by atoms with Gasteiger partial charge in [-0.3, -0.25) is 9.10 Å². The van der Waals surface area contributed by atoms with Crippen LogP contribution in [0.15, 0.2) is 53.4 Å². The van der Waals surface area contributed by atoms with E-state index in [1.54, 1.807) is 36.4 Å². The van der Waals surface area contributed by atoms with Crippen LogP contribution in [0.3, 0.4) is 0 Å². The van der Waals surface area contributed by atoms with Gasteiger partial charge in [-0.1, -0.05) is 11.6 Å². The molecule has 0 aromatic heterocycles. The van der Waals surface area contributed by atoms with E-state index in [9.17, 15) is 13.2 Å². The van der Waals surface area contributed by atoms with Gasteiger partial charge in [-0.05, 0) is 55.0 Å². The molecule has 8 heteroatoms. The summed E-state index contributed by atoms with van der Waals surface area (Å²) in [6.45, 7) is 0.506. The van der Waals surface area contributed by atoms with E-state index in [0.29, 0.717) is 29.4 Å². The summed E-state index contributed by atoms with van der Waals surface area (Å²) in [6, 6.07) is 14.2. The lowest BCUT2D eigenvalue weighted by atomic mass is 10.2. The molecule has 0 aliphatic carbocycles. The zero-order valence-electron chi connectivity index (χ0n) is 13.3. The Bertz CT molecular complexity index is 852. The number of anilines is 2. The third kappa shape index (κ3) is 4.68. The average Bonchev–Trinajstić information content (AvgIpc) is 2.94. The van der Waals surface area contributed by atoms with E-state index >= 15 is 0 Å². The molecule has 0 spiro atoms. The Morgan fingerprint density at radius 2 is 1.80 bits per heavy atom. The largest absolute Gasteiger partial charge is 0.325 e. The Labute approximate surface area is 156 Å². The van der Waals surface area contributed by atoms with E-state index in [4.69, 9.17) is 11.6 Å². The zero-order chi connectivity index (χ0) is 17.9. The summed E-state index contributed by atoms with van der Waals surface area (Å²) in [5.41, 5.74) is 1.27. The number of rotatable bonds is 5. The van der Waals surface area contributed by atoms with Crippen LogP contribution in [0.1, 0.15) is 6.42 Å². The van der Waals surface area contributed by atoms with Crippen LogP contribution in [0.4, 0.5) is 11.4 Å². The molecule has 25 heavy (non-hydrogen) atoms. The quantitative estimate of drug-likeness (QED) is 0.784. The van der Waals surface area contributed by atoms with Gasteiger partial charge in [-0.15, -0.1) is 11.8 Å². The average molecular weight is 397 g/mol. The Kier molecular flexibility index (Phi) is 5.56. The van der Waals surface area contributed by atoms with Gasteiger partial charge in [0.05, 0.1) is 17.2 Å². The van der Waals surface area contributed by atoms with Crippen molar-refractivity contribution in [1.29, 1.82) is 0 Å². The van der Waals surface area contributed by atoms with Crippen molar-refractivity contribution in [2.45, 2.75) is 11.3 Å². The van der Waals surface area contributed by atoms with Gasteiger partial charge in [0.15, 0.2) is 0 Å². The van der Waals surface area contributed by atoms with Crippen molar-refractivity contribution in [3.8, 4) is 0 Å². The van der Waals surface area contributed by atoms with Gasteiger partial charge in [0.2, 0.25) is 15.9 Å². The molecule has 1 aliphatic heterocycles. The summed E-state index contributed by atoms with van der Waals surface area (Å²) < 4.78 is 25.2. The molecule has 0 saturated carbocycles. The first-order chi connectivity index (χ1) is 11.9. The number of nitrogens with zero attached hydrogens (tertiary/aromatic N) is 1. The molecule has 1 aliphatic rings. The van der Waals surface area contributed by atoms with Crippen LogP contribution in [0.5, 0.6) is 0 Å². The highest BCUT2D eigenvalue weighted by atomic mass is 35.5. The molecule has 0 atom stereocenters. The van der Waals surface area contributed by atoms with Crippen LogP contribution in [-0.2, 0) is 14.8 Å². The number of thioether (sulfide) groups is 1. The molecule has 1 fully saturated rings. The van der Waals surface area contributed by atoms with Gasteiger partial charge in [0.25, 0.3) is 0 Å². The maximum atomic E-state index is 12.0. The van der Waals surface area contributed by atoms with E-state index in [1.807, 2.05) is 12.1 Å². The fourth-order valence-electron chi connectivity index (χ4n) is 2.52. The topological polar surface area (TPSA) is 66.5 Å². The first-order valence-corrected chi connectivity index (χ1v) is 10.7. The summed E-state index contributed by atoms with van der Waals surface area (Å²) in [4.78, 5) is 13.0. The minimum atomic E-state index is -3.19. The van der Waals surface area contributed by atoms with Gasteiger partial charge in [-0.25, -0.2) is 8.42 Å². The Morgan fingerprint density at radius 3 is 2.40 bits per heavy atom. The molecule has 0 bridgehead atoms. The molecule has 0 unspecified atom stereocenters. The van der Waals surface area contributed by atoms with Crippen LogP contribution in [0.25, 0.3) is 0 Å². The second-order valence-corrected chi connectivity index (χ2v) is 9.08. The maximum Gasteiger partial charge on any atom is 0.235 e. The van der Waals surface area contributed by atoms with Gasteiger partial charge >= 0.3 is 0 Å². The summed E-state index contributed by atoms with van der Waals surface area (Å²) in [5, 5.41) is 3.47. The summed E-state index contributed by atoms with van der Waals surface area (Å²) >= 11 is 7.25. The number of hydrogen-bond donors (Lipinski definition) is 1. The maximum absolute atomic E-state index is 12.0. The van der Waals surface area contributed by atoms with E-state index in [0.717, 1.165) is 4.90 Å². The highest BCUT2D eigenvalue weighted by molar-refractivity contribution is 8.00. The minimum Gasteiger partial charge on any atom is -0.325 e. The SMILES string of the molecule is O=C(CSc1ccc(Cl)cc1)Nc1ccc(N2CCCS2(=O)=O)cc1. The number of carbonyl (C=O) groups is 1. The van der Waals surface area contributed by atoms with Crippen LogP contribution in [0, 0.1) is 0 Å². The fourth-order valence-corrected chi connectivity index (χ4v) is 4.91. The van der Waals surface area contributed by atoms with Crippen LogP contribution in [-0.4, -0.2) is 32.4 Å². The smallest absolute Gasteiger partial charge is 0.235 e. The summed E-state index contributed by atoms with van der Waals surface area (Å²) in [5.74, 6) is 0.346. The number of hydrogen-bond acceptors (Lipinski definition) is 4. The number of halogens is 1. The van der Waals surface area contributed by atoms with Gasteiger partial charge in [0, 0.05) is 22.2 Å². The molecule has 5 nitrogen and oxygen atoms in total. The molecule has 1 heterocycles. The molecule has 2 aromatic rings. The summed E-state index contributed by atoms with van der Waals surface area (Å²) in [6.07, 6.45) is 0.642. The second kappa shape index (κ2) is 7.68. The Morgan fingerprint density at radius 1 is 1.12 bits per heavy atom. The van der Waals surface area contributed by atoms with Crippen molar-refractivity contribution in [2.75, 3.05) is 27.7 Å². The van der Waals surface area contributed by atoms with Gasteiger partial charge < -0.3 is 5.32 Å². The molecule has 1 saturated heterocycles. The Hall–Kier alpha value is -1.70. The van der Waals surface area contributed by atoms with Gasteiger partial charge in [-0.2, -0.15) is 0 Å². The van der Waals surface area contributed by atoms with Crippen molar-refractivity contribution < 1.29 is 13.2 Å². The lowest BCUT2D eigenvalue weighted by Gasteiger charge is -2.17. The normalized spacial score (nSPS) is 16.0. The zero-order valence-corrected chi connectivity index (χ0v) is 15.7. The van der Waals surface area contributed by atoms with E-state index in [-0.39, 0.29) is 17.4 Å². The van der Waals surface area contributed by atoms with Crippen molar-refractivity contribution in [3.63, 3.8) is 0 Å². The third-order valence-electron chi connectivity index (χ3n) is 3.72. The first-order valence-electron chi connectivity index (χ1n) is 7.73. The predicted octanol–water partition coefficient (Wildman–Crippen LogP) is 3.61. The lowest BCUT2D eigenvalue weighted by Crippen LogP contribution is -2.25. The molecule has 132 valence electrons. The molecule has 3 rings (SSSR count).